The first-order chi connectivity index (χ1) is 14.3. The number of rotatable bonds is 6. The second-order valence-corrected chi connectivity index (χ2v) is 8.13. The number of aryl methyl sites for hydroxylation is 1. The molecule has 1 aromatic carbocycles. The number of imide groups is 1. The van der Waals surface area contributed by atoms with E-state index in [0.29, 0.717) is 6.61 Å². The number of carbonyl (C=O) groups excluding carboxylic acids is 2. The van der Waals surface area contributed by atoms with Crippen LogP contribution in [0.3, 0.4) is 0 Å². The summed E-state index contributed by atoms with van der Waals surface area (Å²) >= 11 is 0. The van der Waals surface area contributed by atoms with Crippen LogP contribution in [-0.2, 0) is 16.1 Å². The van der Waals surface area contributed by atoms with Gasteiger partial charge in [-0.3, -0.25) is 14.6 Å². The Morgan fingerprint density at radius 2 is 1.87 bits per heavy atom. The number of methoxy groups -OCH3 is 1. The summed E-state index contributed by atoms with van der Waals surface area (Å²) in [5, 5.41) is 0. The van der Waals surface area contributed by atoms with E-state index in [4.69, 9.17) is 9.73 Å². The van der Waals surface area contributed by atoms with Crippen molar-refractivity contribution in [3.05, 3.63) is 46.8 Å². The van der Waals surface area contributed by atoms with Gasteiger partial charge in [0.15, 0.2) is 12.2 Å². The van der Waals surface area contributed by atoms with Gasteiger partial charge in [0, 0.05) is 38.7 Å². The lowest BCUT2D eigenvalue weighted by Gasteiger charge is -2.40. The number of allylic oxidation sites excluding steroid dienone is 2. The molecule has 1 aromatic rings. The van der Waals surface area contributed by atoms with Crippen LogP contribution >= 0.6 is 0 Å². The molecule has 160 valence electrons. The first-order valence-corrected chi connectivity index (χ1v) is 10.3. The molecule has 8 heteroatoms. The van der Waals surface area contributed by atoms with Crippen molar-refractivity contribution in [2.75, 3.05) is 27.3 Å². The monoisotopic (exact) mass is 411 g/mol. The van der Waals surface area contributed by atoms with E-state index in [0.717, 1.165) is 41.4 Å². The molecule has 1 saturated heterocycles. The topological polar surface area (TPSA) is 68.7 Å². The average molecular weight is 412 g/mol. The van der Waals surface area contributed by atoms with Crippen LogP contribution in [0.2, 0.25) is 0 Å². The molecule has 8 nitrogen and oxygen atoms in total. The molecule has 3 aliphatic heterocycles. The number of amides is 3. The fraction of sp³-hybridized carbons (Fsp3) is 0.500. The Labute approximate surface area is 177 Å². The third-order valence-electron chi connectivity index (χ3n) is 6.16. The molecule has 0 bridgehead atoms. The zero-order valence-electron chi connectivity index (χ0n) is 18.3. The van der Waals surface area contributed by atoms with Crippen LogP contribution in [0, 0.1) is 6.92 Å². The van der Waals surface area contributed by atoms with Gasteiger partial charge >= 0.3 is 6.03 Å². The van der Waals surface area contributed by atoms with Crippen LogP contribution in [0.1, 0.15) is 31.4 Å². The van der Waals surface area contributed by atoms with Gasteiger partial charge in [-0.05, 0) is 32.8 Å². The highest BCUT2D eigenvalue weighted by Gasteiger charge is 2.55. The van der Waals surface area contributed by atoms with Gasteiger partial charge in [-0.2, -0.15) is 0 Å². The molecule has 30 heavy (non-hydrogen) atoms. The van der Waals surface area contributed by atoms with Crippen LogP contribution in [0.25, 0.3) is 0 Å². The Bertz CT molecular complexity index is 940. The molecule has 4 rings (SSSR count). The Hall–Kier alpha value is -2.87. The summed E-state index contributed by atoms with van der Waals surface area (Å²) in [6.07, 6.45) is 0.340. The van der Waals surface area contributed by atoms with Crippen molar-refractivity contribution in [1.29, 1.82) is 0 Å². The number of aliphatic imine (C=N–C) groups is 1. The van der Waals surface area contributed by atoms with E-state index in [9.17, 15) is 9.59 Å². The van der Waals surface area contributed by atoms with E-state index < -0.39 is 12.2 Å². The van der Waals surface area contributed by atoms with Crippen molar-refractivity contribution in [2.24, 2.45) is 4.99 Å². The maximum atomic E-state index is 13.5. The predicted octanol–water partition coefficient (Wildman–Crippen LogP) is 2.36. The van der Waals surface area contributed by atoms with Gasteiger partial charge in [0.05, 0.1) is 6.54 Å². The second kappa shape index (κ2) is 7.75. The molecular formula is C22H29N5O3. The second-order valence-electron chi connectivity index (χ2n) is 8.13. The van der Waals surface area contributed by atoms with Crippen molar-refractivity contribution in [1.82, 2.24) is 19.6 Å². The van der Waals surface area contributed by atoms with Crippen molar-refractivity contribution >= 4 is 17.9 Å². The molecule has 3 aliphatic rings. The highest BCUT2D eigenvalue weighted by Crippen LogP contribution is 2.38. The predicted molar refractivity (Wildman–Crippen MR) is 113 cm³/mol. The van der Waals surface area contributed by atoms with Gasteiger partial charge in [-0.25, -0.2) is 9.79 Å². The van der Waals surface area contributed by atoms with Gasteiger partial charge in [0.2, 0.25) is 5.96 Å². The van der Waals surface area contributed by atoms with E-state index in [1.165, 1.54) is 4.90 Å². The Balaban J connectivity index is 1.62. The van der Waals surface area contributed by atoms with E-state index in [-0.39, 0.29) is 18.5 Å². The summed E-state index contributed by atoms with van der Waals surface area (Å²) in [5.74, 6) is 0.552. The van der Waals surface area contributed by atoms with Crippen molar-refractivity contribution < 1.29 is 14.3 Å². The number of guanidine groups is 1. The summed E-state index contributed by atoms with van der Waals surface area (Å²) < 4.78 is 5.19. The molecule has 2 atom stereocenters. The summed E-state index contributed by atoms with van der Waals surface area (Å²) in [6.45, 7) is 7.73. The third kappa shape index (κ3) is 3.15. The third-order valence-corrected chi connectivity index (χ3v) is 6.16. The number of ether oxygens (including phenoxy) is 1. The number of urea groups is 1. The van der Waals surface area contributed by atoms with E-state index in [1.54, 1.807) is 19.1 Å². The molecule has 0 aromatic heterocycles. The zero-order chi connectivity index (χ0) is 21.6. The van der Waals surface area contributed by atoms with Gasteiger partial charge in [0.25, 0.3) is 5.91 Å². The fourth-order valence-corrected chi connectivity index (χ4v) is 4.45. The lowest BCUT2D eigenvalue weighted by Crippen LogP contribution is -2.64. The standard InChI is InChI=1S/C22H29N5O3/c1-14-8-6-9-17(12-14)13-26-20(28)18-19(24(4)22(26)29)23-21-25(10-7-11-30-5)15(2)16(3)27(18)21/h6,8-9,12,18-19H,7,10-11,13H2,1-5H3. The van der Waals surface area contributed by atoms with Crippen molar-refractivity contribution in [2.45, 2.75) is 45.9 Å². The van der Waals surface area contributed by atoms with Crippen molar-refractivity contribution in [3.8, 4) is 0 Å². The minimum atomic E-state index is -0.533. The van der Waals surface area contributed by atoms with E-state index >= 15 is 0 Å². The van der Waals surface area contributed by atoms with Crippen LogP contribution in [0.15, 0.2) is 40.7 Å². The van der Waals surface area contributed by atoms with Crippen LogP contribution < -0.4 is 0 Å². The van der Waals surface area contributed by atoms with Crippen LogP contribution in [-0.4, -0.2) is 77.0 Å². The Morgan fingerprint density at radius 3 is 2.57 bits per heavy atom. The van der Waals surface area contributed by atoms with Crippen molar-refractivity contribution in [3.63, 3.8) is 0 Å². The highest BCUT2D eigenvalue weighted by atomic mass is 16.5. The minimum Gasteiger partial charge on any atom is -0.385 e. The summed E-state index contributed by atoms with van der Waals surface area (Å²) in [4.78, 5) is 38.4. The quantitative estimate of drug-likeness (QED) is 0.672. The number of fused-ring (bicyclic) bond motifs is 3. The zero-order valence-corrected chi connectivity index (χ0v) is 18.3. The largest absolute Gasteiger partial charge is 0.385 e. The smallest absolute Gasteiger partial charge is 0.328 e. The number of carbonyl (C=O) groups is 2. The molecule has 0 N–H and O–H groups in total. The van der Waals surface area contributed by atoms with Gasteiger partial charge < -0.3 is 14.5 Å². The normalized spacial score (nSPS) is 23.4. The maximum Gasteiger partial charge on any atom is 0.328 e. The Morgan fingerprint density at radius 1 is 1.10 bits per heavy atom. The summed E-state index contributed by atoms with van der Waals surface area (Å²) in [5.41, 5.74) is 4.13. The molecule has 0 spiro atoms. The lowest BCUT2D eigenvalue weighted by molar-refractivity contribution is -0.137. The molecule has 0 saturated carbocycles. The molecule has 3 heterocycles. The summed E-state index contributed by atoms with van der Waals surface area (Å²) in [6, 6.07) is 7.06. The fourth-order valence-electron chi connectivity index (χ4n) is 4.45. The SMILES string of the molecule is COCCCN1C2=NC3C(C(=O)N(Cc4cccc(C)c4)C(=O)N3C)N2C(C)=C1C. The van der Waals surface area contributed by atoms with E-state index in [2.05, 4.69) is 4.90 Å². The molecule has 0 radical (unpaired) electrons. The molecule has 1 fully saturated rings. The number of hydrogen-bond acceptors (Lipinski definition) is 6. The maximum absolute atomic E-state index is 13.5. The minimum absolute atomic E-state index is 0.200. The van der Waals surface area contributed by atoms with Crippen LogP contribution in [0.4, 0.5) is 4.79 Å². The summed E-state index contributed by atoms with van der Waals surface area (Å²) in [7, 11) is 3.41. The van der Waals surface area contributed by atoms with E-state index in [1.807, 2.05) is 49.9 Å². The first kappa shape index (κ1) is 20.4. The van der Waals surface area contributed by atoms with Gasteiger partial charge in [-0.1, -0.05) is 29.8 Å². The van der Waals surface area contributed by atoms with Gasteiger partial charge in [-0.15, -0.1) is 0 Å². The first-order valence-electron chi connectivity index (χ1n) is 10.3. The molecule has 3 amide bonds. The highest BCUT2D eigenvalue weighted by molar-refractivity contribution is 6.05. The Kier molecular flexibility index (Phi) is 5.27. The number of nitrogens with zero attached hydrogens (tertiary/aromatic N) is 5. The molecular weight excluding hydrogens is 382 g/mol. The van der Waals surface area contributed by atoms with Crippen LogP contribution in [0.5, 0.6) is 0 Å². The number of hydrogen-bond donors (Lipinski definition) is 0. The number of benzene rings is 1. The number of likely N-dealkylation sites (N-methyl/N-ethyl adjacent to an activating group) is 1. The van der Waals surface area contributed by atoms with Gasteiger partial charge in [0.1, 0.15) is 0 Å². The average Bonchev–Trinajstić information content (AvgIpc) is 3.21. The molecule has 2 unspecified atom stereocenters. The molecule has 0 aliphatic carbocycles. The lowest BCUT2D eigenvalue weighted by atomic mass is 10.1.